The Morgan fingerprint density at radius 1 is 1.24 bits per heavy atom. The van der Waals surface area contributed by atoms with E-state index in [0.29, 0.717) is 11.9 Å². The van der Waals surface area contributed by atoms with Gasteiger partial charge in [-0.05, 0) is 25.8 Å². The highest BCUT2D eigenvalue weighted by Gasteiger charge is 2.25. The lowest BCUT2D eigenvalue weighted by Crippen LogP contribution is -2.41. The third-order valence-corrected chi connectivity index (χ3v) is 3.50. The van der Waals surface area contributed by atoms with Gasteiger partial charge in [0, 0.05) is 25.6 Å². The van der Waals surface area contributed by atoms with E-state index in [1.807, 2.05) is 0 Å². The minimum Gasteiger partial charge on any atom is -0.338 e. The molecule has 1 fully saturated rings. The molecule has 0 aromatic carbocycles. The summed E-state index contributed by atoms with van der Waals surface area (Å²) in [5, 5.41) is 3.35. The SMILES string of the molecule is CCCCCCC(=O)N(CCC)C1CCNC1. The van der Waals surface area contributed by atoms with E-state index in [-0.39, 0.29) is 0 Å². The largest absolute Gasteiger partial charge is 0.338 e. The molecule has 100 valence electrons. The van der Waals surface area contributed by atoms with Crippen molar-refractivity contribution in [1.29, 1.82) is 0 Å². The minimum absolute atomic E-state index is 0.372. The van der Waals surface area contributed by atoms with Crippen LogP contribution < -0.4 is 5.32 Å². The topological polar surface area (TPSA) is 32.3 Å². The van der Waals surface area contributed by atoms with Crippen molar-refractivity contribution in [2.45, 2.75) is 64.8 Å². The molecule has 1 heterocycles. The number of carbonyl (C=O) groups is 1. The standard InChI is InChI=1S/C14H28N2O/c1-3-5-6-7-8-14(17)16(11-4-2)13-9-10-15-12-13/h13,15H,3-12H2,1-2H3. The molecule has 1 rings (SSSR count). The van der Waals surface area contributed by atoms with Crippen LogP contribution in [0.1, 0.15) is 58.8 Å². The zero-order valence-electron chi connectivity index (χ0n) is 11.5. The summed E-state index contributed by atoms with van der Waals surface area (Å²) in [6.07, 6.45) is 7.69. The second-order valence-corrected chi connectivity index (χ2v) is 5.04. The van der Waals surface area contributed by atoms with E-state index in [2.05, 4.69) is 24.1 Å². The molecule has 1 N–H and O–H groups in total. The zero-order chi connectivity index (χ0) is 12.5. The quantitative estimate of drug-likeness (QED) is 0.661. The van der Waals surface area contributed by atoms with Gasteiger partial charge in [-0.25, -0.2) is 0 Å². The van der Waals surface area contributed by atoms with Gasteiger partial charge in [0.15, 0.2) is 0 Å². The molecule has 0 aromatic rings. The van der Waals surface area contributed by atoms with Gasteiger partial charge < -0.3 is 10.2 Å². The molecule has 1 amide bonds. The summed E-state index contributed by atoms with van der Waals surface area (Å²) in [5.41, 5.74) is 0. The Labute approximate surface area is 106 Å². The molecule has 3 nitrogen and oxygen atoms in total. The summed E-state index contributed by atoms with van der Waals surface area (Å²) in [6.45, 7) is 7.34. The van der Waals surface area contributed by atoms with E-state index in [4.69, 9.17) is 0 Å². The van der Waals surface area contributed by atoms with E-state index in [1.54, 1.807) is 0 Å². The van der Waals surface area contributed by atoms with Crippen molar-refractivity contribution in [2.24, 2.45) is 0 Å². The molecule has 0 aliphatic carbocycles. The van der Waals surface area contributed by atoms with Crippen molar-refractivity contribution in [3.8, 4) is 0 Å². The smallest absolute Gasteiger partial charge is 0.222 e. The van der Waals surface area contributed by atoms with Crippen LogP contribution in [0.15, 0.2) is 0 Å². The van der Waals surface area contributed by atoms with Gasteiger partial charge in [-0.1, -0.05) is 33.1 Å². The lowest BCUT2D eigenvalue weighted by atomic mass is 10.1. The molecule has 1 saturated heterocycles. The molecular formula is C14H28N2O. The first-order chi connectivity index (χ1) is 8.29. The summed E-state index contributed by atoms with van der Waals surface area (Å²) in [4.78, 5) is 14.3. The normalized spacial score (nSPS) is 19.5. The summed E-state index contributed by atoms with van der Waals surface area (Å²) in [6, 6.07) is 0.452. The first-order valence-corrected chi connectivity index (χ1v) is 7.29. The average molecular weight is 240 g/mol. The first kappa shape index (κ1) is 14.5. The van der Waals surface area contributed by atoms with E-state index in [0.717, 1.165) is 45.3 Å². The molecule has 0 spiro atoms. The number of amides is 1. The van der Waals surface area contributed by atoms with Gasteiger partial charge in [0.25, 0.3) is 0 Å². The van der Waals surface area contributed by atoms with Gasteiger partial charge in [-0.2, -0.15) is 0 Å². The summed E-state index contributed by atoms with van der Waals surface area (Å²) < 4.78 is 0. The van der Waals surface area contributed by atoms with Gasteiger partial charge in [-0.15, -0.1) is 0 Å². The van der Waals surface area contributed by atoms with Crippen molar-refractivity contribution in [3.05, 3.63) is 0 Å². The van der Waals surface area contributed by atoms with Gasteiger partial charge in [0.05, 0.1) is 0 Å². The Hall–Kier alpha value is -0.570. The van der Waals surface area contributed by atoms with Crippen LogP contribution in [0.4, 0.5) is 0 Å². The van der Waals surface area contributed by atoms with Crippen LogP contribution in [0.2, 0.25) is 0 Å². The van der Waals surface area contributed by atoms with Gasteiger partial charge >= 0.3 is 0 Å². The van der Waals surface area contributed by atoms with Crippen molar-refractivity contribution in [3.63, 3.8) is 0 Å². The number of hydrogen-bond donors (Lipinski definition) is 1. The Balaban J connectivity index is 2.32. The Bertz CT molecular complexity index is 212. The van der Waals surface area contributed by atoms with Crippen molar-refractivity contribution < 1.29 is 4.79 Å². The second kappa shape index (κ2) is 8.51. The molecule has 1 aliphatic heterocycles. The van der Waals surface area contributed by atoms with E-state index in [9.17, 15) is 4.79 Å². The molecule has 3 heteroatoms. The predicted octanol–water partition coefficient (Wildman–Crippen LogP) is 2.56. The van der Waals surface area contributed by atoms with Crippen LogP contribution >= 0.6 is 0 Å². The second-order valence-electron chi connectivity index (χ2n) is 5.04. The molecular weight excluding hydrogens is 212 g/mol. The van der Waals surface area contributed by atoms with E-state index < -0.39 is 0 Å². The van der Waals surface area contributed by atoms with Crippen molar-refractivity contribution in [1.82, 2.24) is 10.2 Å². The van der Waals surface area contributed by atoms with Gasteiger partial charge in [0.2, 0.25) is 5.91 Å². The lowest BCUT2D eigenvalue weighted by molar-refractivity contribution is -0.133. The maximum absolute atomic E-state index is 12.2. The minimum atomic E-state index is 0.372. The predicted molar refractivity (Wildman–Crippen MR) is 72.0 cm³/mol. The van der Waals surface area contributed by atoms with Crippen molar-refractivity contribution >= 4 is 5.91 Å². The number of nitrogens with zero attached hydrogens (tertiary/aromatic N) is 1. The summed E-state index contributed by atoms with van der Waals surface area (Å²) in [5.74, 6) is 0.372. The molecule has 0 saturated carbocycles. The number of rotatable bonds is 8. The fourth-order valence-electron chi connectivity index (χ4n) is 2.50. The van der Waals surface area contributed by atoms with Crippen LogP contribution in [0, 0.1) is 0 Å². The molecule has 0 aromatic heterocycles. The van der Waals surface area contributed by atoms with Crippen LogP contribution in [0.3, 0.4) is 0 Å². The van der Waals surface area contributed by atoms with Crippen molar-refractivity contribution in [2.75, 3.05) is 19.6 Å². The number of hydrogen-bond acceptors (Lipinski definition) is 2. The number of carbonyl (C=O) groups excluding carboxylic acids is 1. The fraction of sp³-hybridized carbons (Fsp3) is 0.929. The fourth-order valence-corrected chi connectivity index (χ4v) is 2.50. The van der Waals surface area contributed by atoms with E-state index in [1.165, 1.54) is 19.3 Å². The summed E-state index contributed by atoms with van der Waals surface area (Å²) in [7, 11) is 0. The molecule has 1 unspecified atom stereocenters. The third-order valence-electron chi connectivity index (χ3n) is 3.50. The van der Waals surface area contributed by atoms with Gasteiger partial charge in [-0.3, -0.25) is 4.79 Å². The van der Waals surface area contributed by atoms with Crippen LogP contribution in [-0.4, -0.2) is 36.5 Å². The van der Waals surface area contributed by atoms with E-state index >= 15 is 0 Å². The zero-order valence-corrected chi connectivity index (χ0v) is 11.5. The molecule has 0 radical (unpaired) electrons. The third kappa shape index (κ3) is 5.07. The number of unbranched alkanes of at least 4 members (excludes halogenated alkanes) is 3. The molecule has 0 bridgehead atoms. The van der Waals surface area contributed by atoms with Crippen LogP contribution in [0.25, 0.3) is 0 Å². The Morgan fingerprint density at radius 2 is 2.06 bits per heavy atom. The maximum Gasteiger partial charge on any atom is 0.222 e. The Morgan fingerprint density at radius 3 is 2.65 bits per heavy atom. The molecule has 17 heavy (non-hydrogen) atoms. The monoisotopic (exact) mass is 240 g/mol. The van der Waals surface area contributed by atoms with Gasteiger partial charge in [0.1, 0.15) is 0 Å². The molecule has 1 aliphatic rings. The Kier molecular flexibility index (Phi) is 7.25. The highest BCUT2D eigenvalue weighted by molar-refractivity contribution is 5.76. The molecule has 1 atom stereocenters. The van der Waals surface area contributed by atoms with Crippen LogP contribution in [0.5, 0.6) is 0 Å². The maximum atomic E-state index is 12.2. The first-order valence-electron chi connectivity index (χ1n) is 7.29. The lowest BCUT2D eigenvalue weighted by Gasteiger charge is -2.28. The highest BCUT2D eigenvalue weighted by atomic mass is 16.2. The number of nitrogens with one attached hydrogen (secondary N) is 1. The highest BCUT2D eigenvalue weighted by Crippen LogP contribution is 2.13. The average Bonchev–Trinajstić information content (AvgIpc) is 2.85. The van der Waals surface area contributed by atoms with Crippen LogP contribution in [-0.2, 0) is 4.79 Å². The summed E-state index contributed by atoms with van der Waals surface area (Å²) >= 11 is 0.